The monoisotopic (exact) mass is 325 g/mol. The molecule has 0 atom stereocenters. The van der Waals surface area contributed by atoms with E-state index in [1.807, 2.05) is 14.1 Å². The number of carbonyl (C=O) groups is 2. The molecule has 1 aliphatic rings. The van der Waals surface area contributed by atoms with E-state index in [0.29, 0.717) is 12.3 Å². The molecule has 9 heteroatoms. The van der Waals surface area contributed by atoms with Gasteiger partial charge in [-0.1, -0.05) is 5.16 Å². The fourth-order valence-electron chi connectivity index (χ4n) is 2.33. The summed E-state index contributed by atoms with van der Waals surface area (Å²) in [5, 5.41) is 12.0. The first-order valence-corrected chi connectivity index (χ1v) is 7.43. The lowest BCUT2D eigenvalue weighted by Gasteiger charge is -2.48. The molecule has 0 radical (unpaired) electrons. The summed E-state index contributed by atoms with van der Waals surface area (Å²) in [4.78, 5) is 25.2. The normalized spacial score (nSPS) is 15.8. The van der Waals surface area contributed by atoms with Crippen LogP contribution in [0.25, 0.3) is 0 Å². The molecule has 1 aromatic heterocycles. The van der Waals surface area contributed by atoms with Gasteiger partial charge in [0.15, 0.2) is 18.1 Å². The van der Waals surface area contributed by atoms with Gasteiger partial charge in [-0.3, -0.25) is 4.79 Å². The van der Waals surface area contributed by atoms with Crippen molar-refractivity contribution in [2.24, 2.45) is 0 Å². The van der Waals surface area contributed by atoms with E-state index in [2.05, 4.69) is 26.0 Å². The number of aromatic nitrogens is 1. The number of amides is 2. The molecule has 1 fully saturated rings. The van der Waals surface area contributed by atoms with Crippen LogP contribution in [0.5, 0.6) is 0 Å². The molecule has 23 heavy (non-hydrogen) atoms. The summed E-state index contributed by atoms with van der Waals surface area (Å²) in [6, 6.07) is 1.44. The van der Waals surface area contributed by atoms with Gasteiger partial charge in [0, 0.05) is 38.3 Å². The maximum absolute atomic E-state index is 11.7. The highest BCUT2D eigenvalue weighted by molar-refractivity contribution is 5.91. The predicted molar refractivity (Wildman–Crippen MR) is 82.0 cm³/mol. The quantitative estimate of drug-likeness (QED) is 0.623. The minimum atomic E-state index is -0.524. The van der Waals surface area contributed by atoms with E-state index in [1.54, 1.807) is 0 Å². The Kier molecular flexibility index (Phi) is 5.56. The van der Waals surface area contributed by atoms with Crippen LogP contribution in [-0.2, 0) is 11.3 Å². The first-order valence-electron chi connectivity index (χ1n) is 7.43. The largest absolute Gasteiger partial charge is 0.441 e. The van der Waals surface area contributed by atoms with Crippen LogP contribution in [0.2, 0.25) is 0 Å². The van der Waals surface area contributed by atoms with Crippen LogP contribution < -0.4 is 16.0 Å². The highest BCUT2D eigenvalue weighted by Gasteiger charge is 2.38. The van der Waals surface area contributed by atoms with Crippen LogP contribution in [0.1, 0.15) is 22.7 Å². The molecule has 0 spiro atoms. The summed E-state index contributed by atoms with van der Waals surface area (Å²) < 4.78 is 9.96. The number of ether oxygens (including phenoxy) is 1. The highest BCUT2D eigenvalue weighted by Crippen LogP contribution is 2.21. The zero-order valence-corrected chi connectivity index (χ0v) is 13.6. The third-order valence-electron chi connectivity index (χ3n) is 4.08. The number of alkyl carbamates (subject to hydrolysis) is 1. The van der Waals surface area contributed by atoms with E-state index >= 15 is 0 Å². The smallest absolute Gasteiger partial charge is 0.407 e. The highest BCUT2D eigenvalue weighted by atomic mass is 16.6. The number of rotatable bonds is 7. The Morgan fingerprint density at radius 3 is 2.78 bits per heavy atom. The number of hydrogen-bond donors (Lipinski definition) is 3. The first kappa shape index (κ1) is 17.2. The predicted octanol–water partition coefficient (Wildman–Crippen LogP) is -0.446. The molecule has 2 amide bonds. The lowest BCUT2D eigenvalue weighted by molar-refractivity contribution is 0.0739. The standard InChI is InChI=1S/C14H23N5O4/c1-15-12(20)11-6-10(23-18-11)7-22-13(21)17-5-4-14(19(2)3)8-16-9-14/h6,16H,4-5,7-9H2,1-3H3,(H,15,20)(H,17,21). The average molecular weight is 325 g/mol. The van der Waals surface area contributed by atoms with Crippen molar-refractivity contribution < 1.29 is 18.8 Å². The van der Waals surface area contributed by atoms with Crippen LogP contribution in [0.4, 0.5) is 4.79 Å². The molecule has 0 aliphatic carbocycles. The van der Waals surface area contributed by atoms with Gasteiger partial charge in [-0.05, 0) is 20.5 Å². The average Bonchev–Trinajstić information content (AvgIpc) is 2.95. The van der Waals surface area contributed by atoms with Crippen molar-refractivity contribution in [3.63, 3.8) is 0 Å². The Hall–Kier alpha value is -2.13. The van der Waals surface area contributed by atoms with Gasteiger partial charge >= 0.3 is 6.09 Å². The van der Waals surface area contributed by atoms with Crippen molar-refractivity contribution in [3.05, 3.63) is 17.5 Å². The Morgan fingerprint density at radius 1 is 1.48 bits per heavy atom. The maximum atomic E-state index is 11.7. The Balaban J connectivity index is 1.69. The topological polar surface area (TPSA) is 109 Å². The Morgan fingerprint density at radius 2 is 2.22 bits per heavy atom. The third-order valence-corrected chi connectivity index (χ3v) is 4.08. The minimum absolute atomic E-state index is 0.0732. The SMILES string of the molecule is CNC(=O)c1cc(COC(=O)NCCC2(N(C)C)CNC2)on1. The number of nitrogens with one attached hydrogen (secondary N) is 3. The molecule has 0 bridgehead atoms. The molecule has 2 rings (SSSR count). The fraction of sp³-hybridized carbons (Fsp3) is 0.643. The van der Waals surface area contributed by atoms with Crippen molar-refractivity contribution in [1.29, 1.82) is 0 Å². The zero-order valence-electron chi connectivity index (χ0n) is 13.6. The molecule has 128 valence electrons. The number of likely N-dealkylation sites (N-methyl/N-ethyl adjacent to an activating group) is 1. The van der Waals surface area contributed by atoms with Crippen LogP contribution in [0.3, 0.4) is 0 Å². The lowest BCUT2D eigenvalue weighted by atomic mass is 9.87. The van der Waals surface area contributed by atoms with E-state index in [-0.39, 0.29) is 23.7 Å². The number of carbonyl (C=O) groups excluding carboxylic acids is 2. The Labute approximate surface area is 134 Å². The van der Waals surface area contributed by atoms with Crippen molar-refractivity contribution in [1.82, 2.24) is 26.0 Å². The van der Waals surface area contributed by atoms with Crippen molar-refractivity contribution in [2.45, 2.75) is 18.6 Å². The molecule has 0 saturated carbocycles. The molecular weight excluding hydrogens is 302 g/mol. The third kappa shape index (κ3) is 4.20. The molecule has 3 N–H and O–H groups in total. The molecule has 2 heterocycles. The van der Waals surface area contributed by atoms with Gasteiger partial charge in [-0.15, -0.1) is 0 Å². The van der Waals surface area contributed by atoms with Crippen LogP contribution in [0, 0.1) is 0 Å². The fourth-order valence-corrected chi connectivity index (χ4v) is 2.33. The van der Waals surface area contributed by atoms with Gasteiger partial charge < -0.3 is 30.1 Å². The van der Waals surface area contributed by atoms with Gasteiger partial charge in [0.25, 0.3) is 5.91 Å². The summed E-state index contributed by atoms with van der Waals surface area (Å²) >= 11 is 0. The van der Waals surface area contributed by atoms with Gasteiger partial charge in [0.05, 0.1) is 0 Å². The molecule has 1 aliphatic heterocycles. The van der Waals surface area contributed by atoms with Crippen LogP contribution in [0.15, 0.2) is 10.6 Å². The Bertz CT molecular complexity index is 553. The maximum Gasteiger partial charge on any atom is 0.407 e. The second-order valence-electron chi connectivity index (χ2n) is 5.73. The summed E-state index contributed by atoms with van der Waals surface area (Å²) in [7, 11) is 5.57. The van der Waals surface area contributed by atoms with E-state index in [0.717, 1.165) is 19.5 Å². The molecule has 0 unspecified atom stereocenters. The van der Waals surface area contributed by atoms with E-state index in [4.69, 9.17) is 9.26 Å². The van der Waals surface area contributed by atoms with E-state index < -0.39 is 6.09 Å². The van der Waals surface area contributed by atoms with Gasteiger partial charge in [0.1, 0.15) is 0 Å². The molecular formula is C14H23N5O4. The zero-order chi connectivity index (χ0) is 16.9. The summed E-state index contributed by atoms with van der Waals surface area (Å²) in [6.45, 7) is 2.28. The molecule has 9 nitrogen and oxygen atoms in total. The second kappa shape index (κ2) is 7.42. The van der Waals surface area contributed by atoms with Crippen molar-refractivity contribution in [3.8, 4) is 0 Å². The lowest BCUT2D eigenvalue weighted by Crippen LogP contribution is -2.67. The molecule has 0 aromatic carbocycles. The van der Waals surface area contributed by atoms with Crippen LogP contribution in [-0.4, -0.2) is 68.4 Å². The number of nitrogens with zero attached hydrogens (tertiary/aromatic N) is 2. The second-order valence-corrected chi connectivity index (χ2v) is 5.73. The van der Waals surface area contributed by atoms with Crippen LogP contribution >= 0.6 is 0 Å². The van der Waals surface area contributed by atoms with Gasteiger partial charge in [-0.25, -0.2) is 4.79 Å². The van der Waals surface area contributed by atoms with Crippen molar-refractivity contribution >= 4 is 12.0 Å². The molecule has 1 aromatic rings. The van der Waals surface area contributed by atoms with Gasteiger partial charge in [0.2, 0.25) is 0 Å². The number of hydrogen-bond acceptors (Lipinski definition) is 7. The summed E-state index contributed by atoms with van der Waals surface area (Å²) in [5.74, 6) is -0.0424. The molecule has 1 saturated heterocycles. The summed E-state index contributed by atoms with van der Waals surface area (Å²) in [5.41, 5.74) is 0.248. The minimum Gasteiger partial charge on any atom is -0.441 e. The van der Waals surface area contributed by atoms with E-state index in [1.165, 1.54) is 13.1 Å². The van der Waals surface area contributed by atoms with Gasteiger partial charge in [-0.2, -0.15) is 0 Å². The van der Waals surface area contributed by atoms with Crippen molar-refractivity contribution in [2.75, 3.05) is 40.8 Å². The first-order chi connectivity index (χ1) is 11.0. The van der Waals surface area contributed by atoms with E-state index in [9.17, 15) is 9.59 Å². The summed E-state index contributed by atoms with van der Waals surface area (Å²) in [6.07, 6.45) is 0.315.